The molecule has 0 saturated carbocycles. The Labute approximate surface area is 192 Å². The number of unbranched alkanes of at least 4 members (excludes halogenated alkanes) is 1. The molecule has 1 aliphatic heterocycles. The Morgan fingerprint density at radius 2 is 1.48 bits per heavy atom. The highest BCUT2D eigenvalue weighted by molar-refractivity contribution is 7.89. The first-order chi connectivity index (χ1) is 14.8. The van der Waals surface area contributed by atoms with Crippen molar-refractivity contribution in [1.29, 1.82) is 0 Å². The molecule has 0 aromatic heterocycles. The van der Waals surface area contributed by atoms with Crippen molar-refractivity contribution in [2.75, 3.05) is 10.6 Å². The lowest BCUT2D eigenvalue weighted by Crippen LogP contribution is -2.47. The molecule has 0 amide bonds. The van der Waals surface area contributed by atoms with Crippen LogP contribution in [0.25, 0.3) is 0 Å². The topological polar surface area (TPSA) is 61.4 Å². The van der Waals surface area contributed by atoms with Gasteiger partial charge in [0.25, 0.3) is 0 Å². The minimum atomic E-state index is -3.51. The van der Waals surface area contributed by atoms with Gasteiger partial charge in [0.05, 0.1) is 4.90 Å². The molecule has 0 bridgehead atoms. The fourth-order valence-corrected chi connectivity index (χ4v) is 6.25. The van der Waals surface area contributed by atoms with Crippen molar-refractivity contribution in [3.63, 3.8) is 0 Å². The van der Waals surface area contributed by atoms with Crippen LogP contribution in [-0.2, 0) is 16.4 Å². The monoisotopic (exact) mass is 459 g/mol. The van der Waals surface area contributed by atoms with Gasteiger partial charge in [-0.2, -0.15) is 4.31 Å². The van der Waals surface area contributed by atoms with E-state index in [1.165, 1.54) is 18.4 Å². The first-order valence-electron chi connectivity index (χ1n) is 11.1. The zero-order valence-electron chi connectivity index (χ0n) is 18.6. The lowest BCUT2D eigenvalue weighted by atomic mass is 10.0. The van der Waals surface area contributed by atoms with E-state index < -0.39 is 10.0 Å². The lowest BCUT2D eigenvalue weighted by molar-refractivity contribution is 0.204. The van der Waals surface area contributed by atoms with Crippen LogP contribution in [0.2, 0.25) is 0 Å². The molecule has 7 heteroatoms. The minimum absolute atomic E-state index is 0.0247. The van der Waals surface area contributed by atoms with Gasteiger partial charge in [0.2, 0.25) is 10.0 Å². The van der Waals surface area contributed by atoms with Crippen molar-refractivity contribution in [1.82, 2.24) is 4.31 Å². The van der Waals surface area contributed by atoms with Crippen molar-refractivity contribution in [2.45, 2.75) is 76.3 Å². The summed E-state index contributed by atoms with van der Waals surface area (Å²) in [6.07, 6.45) is 6.34. The zero-order chi connectivity index (χ0) is 22.4. The molecule has 2 N–H and O–H groups in total. The summed E-state index contributed by atoms with van der Waals surface area (Å²) in [6, 6.07) is 15.1. The summed E-state index contributed by atoms with van der Waals surface area (Å²) in [7, 11) is -3.51. The van der Waals surface area contributed by atoms with Gasteiger partial charge in [0.1, 0.15) is 0 Å². The molecule has 1 aliphatic rings. The predicted octanol–water partition coefficient (Wildman–Crippen LogP) is 5.79. The Morgan fingerprint density at radius 1 is 0.968 bits per heavy atom. The van der Waals surface area contributed by atoms with Crippen molar-refractivity contribution in [3.8, 4) is 0 Å². The highest BCUT2D eigenvalue weighted by Gasteiger charge is 2.35. The number of anilines is 2. The summed E-state index contributed by atoms with van der Waals surface area (Å²) in [5.74, 6) is 0. The summed E-state index contributed by atoms with van der Waals surface area (Å²) in [6.45, 7) is 6.17. The number of benzene rings is 2. The third kappa shape index (κ3) is 6.05. The SMILES string of the molecule is CCCCc1ccc(NC(=S)Nc2ccc(S(=O)(=O)N3C(C)CCCC3C)cc2)cc1. The molecule has 2 unspecified atom stereocenters. The van der Waals surface area contributed by atoms with Gasteiger partial charge in [-0.25, -0.2) is 8.42 Å². The van der Waals surface area contributed by atoms with Gasteiger partial charge in [0.15, 0.2) is 5.11 Å². The summed E-state index contributed by atoms with van der Waals surface area (Å²) < 4.78 is 27.9. The van der Waals surface area contributed by atoms with Crippen LogP contribution in [0.15, 0.2) is 53.4 Å². The van der Waals surface area contributed by atoms with Crippen LogP contribution in [0.4, 0.5) is 11.4 Å². The molecular weight excluding hydrogens is 426 g/mol. The zero-order valence-corrected chi connectivity index (χ0v) is 20.2. The van der Waals surface area contributed by atoms with Crippen LogP contribution in [0.1, 0.15) is 58.4 Å². The van der Waals surface area contributed by atoms with Crippen molar-refractivity contribution in [2.24, 2.45) is 0 Å². The van der Waals surface area contributed by atoms with Crippen LogP contribution in [0.5, 0.6) is 0 Å². The maximum absolute atomic E-state index is 13.1. The quantitative estimate of drug-likeness (QED) is 0.513. The molecule has 0 radical (unpaired) electrons. The summed E-state index contributed by atoms with van der Waals surface area (Å²) >= 11 is 5.41. The maximum atomic E-state index is 13.1. The number of aryl methyl sites for hydroxylation is 1. The summed E-state index contributed by atoms with van der Waals surface area (Å²) in [4.78, 5) is 0.320. The predicted molar refractivity (Wildman–Crippen MR) is 133 cm³/mol. The number of hydrogen-bond donors (Lipinski definition) is 2. The molecule has 2 aromatic rings. The Hall–Kier alpha value is -1.96. The van der Waals surface area contributed by atoms with Crippen molar-refractivity contribution >= 4 is 38.7 Å². The molecule has 168 valence electrons. The molecule has 1 heterocycles. The van der Waals surface area contributed by atoms with Gasteiger partial charge < -0.3 is 10.6 Å². The molecule has 31 heavy (non-hydrogen) atoms. The highest BCUT2D eigenvalue weighted by Crippen LogP contribution is 2.30. The molecular formula is C24H33N3O2S2. The second-order valence-electron chi connectivity index (χ2n) is 8.37. The van der Waals surface area contributed by atoms with E-state index in [1.807, 2.05) is 26.0 Å². The van der Waals surface area contributed by atoms with Crippen LogP contribution in [0, 0.1) is 0 Å². The van der Waals surface area contributed by atoms with E-state index in [1.54, 1.807) is 28.6 Å². The van der Waals surface area contributed by atoms with Gasteiger partial charge in [0, 0.05) is 23.5 Å². The minimum Gasteiger partial charge on any atom is -0.332 e. The second-order valence-corrected chi connectivity index (χ2v) is 10.6. The number of hydrogen-bond acceptors (Lipinski definition) is 3. The molecule has 2 atom stereocenters. The summed E-state index contributed by atoms with van der Waals surface area (Å²) in [5.41, 5.74) is 2.99. The standard InChI is InChI=1S/C24H33N3O2S2/c1-4-5-9-20-10-12-21(13-11-20)25-24(30)26-22-14-16-23(17-15-22)31(28,29)27-18(2)7-6-8-19(27)3/h10-19H,4-9H2,1-3H3,(H2,25,26,30). The Morgan fingerprint density at radius 3 is 2.00 bits per heavy atom. The Kier molecular flexibility index (Phi) is 8.08. The number of nitrogens with zero attached hydrogens (tertiary/aromatic N) is 1. The normalized spacial score (nSPS) is 19.7. The molecule has 0 aliphatic carbocycles. The third-order valence-corrected chi connectivity index (χ3v) is 8.18. The van der Waals surface area contributed by atoms with Crippen molar-refractivity contribution < 1.29 is 8.42 Å². The molecule has 0 spiro atoms. The number of piperidine rings is 1. The summed E-state index contributed by atoms with van der Waals surface area (Å²) in [5, 5.41) is 6.77. The van der Waals surface area contributed by atoms with E-state index in [0.29, 0.717) is 10.0 Å². The van der Waals surface area contributed by atoms with Crippen LogP contribution in [-0.4, -0.2) is 29.9 Å². The second kappa shape index (κ2) is 10.6. The van der Waals surface area contributed by atoms with E-state index in [4.69, 9.17) is 12.2 Å². The molecule has 2 aromatic carbocycles. The van der Waals surface area contributed by atoms with E-state index in [-0.39, 0.29) is 12.1 Å². The number of sulfonamides is 1. The largest absolute Gasteiger partial charge is 0.332 e. The van der Waals surface area contributed by atoms with E-state index in [0.717, 1.165) is 37.1 Å². The fraction of sp³-hybridized carbons (Fsp3) is 0.458. The van der Waals surface area contributed by atoms with E-state index >= 15 is 0 Å². The smallest absolute Gasteiger partial charge is 0.243 e. The average Bonchev–Trinajstić information content (AvgIpc) is 2.73. The van der Waals surface area contributed by atoms with Crippen LogP contribution >= 0.6 is 12.2 Å². The Bertz CT molecular complexity index is 963. The van der Waals surface area contributed by atoms with Gasteiger partial charge >= 0.3 is 0 Å². The molecule has 5 nitrogen and oxygen atoms in total. The number of rotatable bonds is 7. The first kappa shape index (κ1) is 23.7. The molecule has 3 rings (SSSR count). The van der Waals surface area contributed by atoms with Crippen LogP contribution < -0.4 is 10.6 Å². The third-order valence-electron chi connectivity index (χ3n) is 5.83. The van der Waals surface area contributed by atoms with E-state index in [9.17, 15) is 8.42 Å². The first-order valence-corrected chi connectivity index (χ1v) is 13.0. The lowest BCUT2D eigenvalue weighted by Gasteiger charge is -2.37. The van der Waals surface area contributed by atoms with Gasteiger partial charge in [-0.3, -0.25) is 0 Å². The number of nitrogens with one attached hydrogen (secondary N) is 2. The average molecular weight is 460 g/mol. The molecule has 1 fully saturated rings. The van der Waals surface area contributed by atoms with Crippen LogP contribution in [0.3, 0.4) is 0 Å². The highest BCUT2D eigenvalue weighted by atomic mass is 32.2. The van der Waals surface area contributed by atoms with Gasteiger partial charge in [-0.1, -0.05) is 31.9 Å². The van der Waals surface area contributed by atoms with Crippen molar-refractivity contribution in [3.05, 3.63) is 54.1 Å². The van der Waals surface area contributed by atoms with Gasteiger partial charge in [-0.15, -0.1) is 0 Å². The Balaban J connectivity index is 1.61. The number of thiocarbonyl (C=S) groups is 1. The van der Waals surface area contributed by atoms with E-state index in [2.05, 4.69) is 29.7 Å². The fourth-order valence-electron chi connectivity index (χ4n) is 4.13. The molecule has 1 saturated heterocycles. The maximum Gasteiger partial charge on any atom is 0.243 e. The van der Waals surface area contributed by atoms with Gasteiger partial charge in [-0.05, 0) is 93.7 Å².